The summed E-state index contributed by atoms with van der Waals surface area (Å²) in [5.74, 6) is -0.207. The summed E-state index contributed by atoms with van der Waals surface area (Å²) < 4.78 is 1.43. The maximum atomic E-state index is 11.2. The van der Waals surface area contributed by atoms with Gasteiger partial charge in [0, 0.05) is 17.8 Å². The zero-order valence-corrected chi connectivity index (χ0v) is 9.95. The molecule has 0 aliphatic rings. The zero-order chi connectivity index (χ0) is 13.3. The lowest BCUT2D eigenvalue weighted by Gasteiger charge is -2.04. The summed E-state index contributed by atoms with van der Waals surface area (Å²) in [6.45, 7) is 3.22. The molecule has 2 aromatic rings. The van der Waals surface area contributed by atoms with E-state index in [9.17, 15) is 14.9 Å². The molecule has 2 rings (SSSR count). The average Bonchev–Trinajstić information content (AvgIpc) is 2.74. The van der Waals surface area contributed by atoms with Gasteiger partial charge in [0.15, 0.2) is 5.78 Å². The largest absolute Gasteiger partial charge is 0.295 e. The van der Waals surface area contributed by atoms with E-state index in [2.05, 4.69) is 5.10 Å². The summed E-state index contributed by atoms with van der Waals surface area (Å²) in [4.78, 5) is 21.7. The highest BCUT2D eigenvalue weighted by atomic mass is 16.6. The average molecular weight is 245 g/mol. The maximum Gasteiger partial charge on any atom is 0.295 e. The monoisotopic (exact) mass is 245 g/mol. The number of rotatable bonds is 3. The van der Waals surface area contributed by atoms with Crippen LogP contribution in [0.4, 0.5) is 5.69 Å². The number of carbonyl (C=O) groups is 1. The summed E-state index contributed by atoms with van der Waals surface area (Å²) in [5.41, 5.74) is 1.43. The molecule has 0 bridgehead atoms. The fourth-order valence-electron chi connectivity index (χ4n) is 1.63. The van der Waals surface area contributed by atoms with Crippen molar-refractivity contribution < 1.29 is 9.72 Å². The van der Waals surface area contributed by atoms with Gasteiger partial charge in [0.05, 0.1) is 11.1 Å². The summed E-state index contributed by atoms with van der Waals surface area (Å²) in [6.07, 6.45) is 3.30. The number of ketones is 1. The quantitative estimate of drug-likeness (QED) is 0.472. The molecule has 92 valence electrons. The highest BCUT2D eigenvalue weighted by molar-refractivity contribution is 5.95. The van der Waals surface area contributed by atoms with Crippen molar-refractivity contribution in [2.75, 3.05) is 0 Å². The number of benzene rings is 1. The minimum atomic E-state index is -0.515. The molecule has 0 radical (unpaired) electrons. The topological polar surface area (TPSA) is 78.0 Å². The molecule has 0 saturated carbocycles. The van der Waals surface area contributed by atoms with Crippen LogP contribution in [0.25, 0.3) is 5.69 Å². The Morgan fingerprint density at radius 1 is 1.44 bits per heavy atom. The highest BCUT2D eigenvalue weighted by Gasteiger charge is 2.18. The number of Topliss-reactive ketones (excluding diaryl/α,β-unsaturated/α-hetero) is 1. The van der Waals surface area contributed by atoms with E-state index in [4.69, 9.17) is 0 Å². The molecule has 6 nitrogen and oxygen atoms in total. The Morgan fingerprint density at radius 2 is 2.17 bits per heavy atom. The van der Waals surface area contributed by atoms with Gasteiger partial charge in [0.2, 0.25) is 0 Å². The first-order valence-electron chi connectivity index (χ1n) is 5.30. The van der Waals surface area contributed by atoms with E-state index in [1.54, 1.807) is 18.5 Å². The van der Waals surface area contributed by atoms with Gasteiger partial charge in [-0.15, -0.1) is 0 Å². The van der Waals surface area contributed by atoms with Crippen LogP contribution in [0, 0.1) is 17.0 Å². The molecule has 0 aliphatic carbocycles. The molecule has 0 atom stereocenters. The molecule has 0 N–H and O–H groups in total. The number of nitrogens with zero attached hydrogens (tertiary/aromatic N) is 3. The number of hydrogen-bond donors (Lipinski definition) is 0. The Morgan fingerprint density at radius 3 is 2.67 bits per heavy atom. The third-order valence-corrected chi connectivity index (χ3v) is 2.54. The molecule has 1 aromatic carbocycles. The van der Waals surface area contributed by atoms with Crippen molar-refractivity contribution in [3.05, 3.63) is 51.8 Å². The number of nitro benzene ring substituents is 1. The van der Waals surface area contributed by atoms with E-state index in [0.717, 1.165) is 5.56 Å². The van der Waals surface area contributed by atoms with Crippen LogP contribution in [0.2, 0.25) is 0 Å². The molecule has 1 aromatic heterocycles. The molecule has 18 heavy (non-hydrogen) atoms. The molecule has 0 aliphatic heterocycles. The Hall–Kier alpha value is -2.50. The fourth-order valence-corrected chi connectivity index (χ4v) is 1.63. The third-order valence-electron chi connectivity index (χ3n) is 2.54. The van der Waals surface area contributed by atoms with E-state index in [0.29, 0.717) is 11.3 Å². The third kappa shape index (κ3) is 2.13. The molecule has 1 heterocycles. The van der Waals surface area contributed by atoms with Crippen LogP contribution in [-0.2, 0) is 0 Å². The molecule has 0 amide bonds. The smallest absolute Gasteiger partial charge is 0.295 e. The second kappa shape index (κ2) is 4.40. The van der Waals surface area contributed by atoms with E-state index in [-0.39, 0.29) is 11.5 Å². The summed E-state index contributed by atoms with van der Waals surface area (Å²) in [6, 6.07) is 4.36. The van der Waals surface area contributed by atoms with Gasteiger partial charge in [0.25, 0.3) is 5.69 Å². The van der Waals surface area contributed by atoms with Gasteiger partial charge in [-0.3, -0.25) is 14.9 Å². The number of carbonyl (C=O) groups excluding carboxylic acids is 1. The first kappa shape index (κ1) is 12.0. The van der Waals surface area contributed by atoms with Crippen molar-refractivity contribution in [2.24, 2.45) is 0 Å². The Labute approximate surface area is 103 Å². The SMILES string of the molecule is CC(=O)c1ccc(-n2cc(C)cn2)c([N+](=O)[O-])c1. The van der Waals surface area contributed by atoms with Gasteiger partial charge in [-0.25, -0.2) is 4.68 Å². The van der Waals surface area contributed by atoms with Crippen LogP contribution in [0.15, 0.2) is 30.6 Å². The van der Waals surface area contributed by atoms with Crippen molar-refractivity contribution in [2.45, 2.75) is 13.8 Å². The zero-order valence-electron chi connectivity index (χ0n) is 9.95. The number of hydrogen-bond acceptors (Lipinski definition) is 4. The van der Waals surface area contributed by atoms with Gasteiger partial charge < -0.3 is 0 Å². The first-order chi connectivity index (χ1) is 8.49. The lowest BCUT2D eigenvalue weighted by molar-refractivity contribution is -0.384. The molecular formula is C12H11N3O3. The summed E-state index contributed by atoms with van der Waals surface area (Å²) in [5, 5.41) is 15.1. The molecule has 0 saturated heterocycles. The second-order valence-corrected chi connectivity index (χ2v) is 3.98. The standard InChI is InChI=1S/C12H11N3O3/c1-8-6-13-14(7-8)11-4-3-10(9(2)16)5-12(11)15(17)18/h3-7H,1-2H3. The van der Waals surface area contributed by atoms with Gasteiger partial charge in [-0.05, 0) is 31.5 Å². The van der Waals surface area contributed by atoms with E-state index < -0.39 is 4.92 Å². The Kier molecular flexibility index (Phi) is 2.93. The predicted octanol–water partition coefficient (Wildman–Crippen LogP) is 2.29. The van der Waals surface area contributed by atoms with Crippen LogP contribution in [0.1, 0.15) is 22.8 Å². The minimum absolute atomic E-state index is 0.134. The van der Waals surface area contributed by atoms with E-state index >= 15 is 0 Å². The van der Waals surface area contributed by atoms with Gasteiger partial charge >= 0.3 is 0 Å². The van der Waals surface area contributed by atoms with Crippen molar-refractivity contribution in [3.8, 4) is 5.69 Å². The fraction of sp³-hybridized carbons (Fsp3) is 0.167. The lowest BCUT2D eigenvalue weighted by atomic mass is 10.1. The van der Waals surface area contributed by atoms with E-state index in [1.807, 2.05) is 6.92 Å². The van der Waals surface area contributed by atoms with E-state index in [1.165, 1.54) is 23.7 Å². The molecule has 0 spiro atoms. The lowest BCUT2D eigenvalue weighted by Crippen LogP contribution is -2.03. The highest BCUT2D eigenvalue weighted by Crippen LogP contribution is 2.24. The van der Waals surface area contributed by atoms with Crippen molar-refractivity contribution in [1.82, 2.24) is 9.78 Å². The number of aryl methyl sites for hydroxylation is 1. The van der Waals surface area contributed by atoms with Gasteiger partial charge in [-0.1, -0.05) is 0 Å². The molecule has 0 unspecified atom stereocenters. The van der Waals surface area contributed by atoms with Gasteiger partial charge in [-0.2, -0.15) is 5.10 Å². The number of nitro groups is 1. The maximum absolute atomic E-state index is 11.2. The Bertz CT molecular complexity index is 631. The normalized spacial score (nSPS) is 10.3. The van der Waals surface area contributed by atoms with Crippen LogP contribution < -0.4 is 0 Å². The summed E-state index contributed by atoms with van der Waals surface area (Å²) >= 11 is 0. The molecular weight excluding hydrogens is 234 g/mol. The molecule has 6 heteroatoms. The van der Waals surface area contributed by atoms with Gasteiger partial charge in [0.1, 0.15) is 5.69 Å². The van der Waals surface area contributed by atoms with Crippen molar-refractivity contribution >= 4 is 11.5 Å². The number of aromatic nitrogens is 2. The van der Waals surface area contributed by atoms with Crippen molar-refractivity contribution in [1.29, 1.82) is 0 Å². The Balaban J connectivity index is 2.60. The van der Waals surface area contributed by atoms with Crippen LogP contribution in [0.5, 0.6) is 0 Å². The summed E-state index contributed by atoms with van der Waals surface area (Å²) in [7, 11) is 0. The van der Waals surface area contributed by atoms with Crippen LogP contribution >= 0.6 is 0 Å². The predicted molar refractivity (Wildman–Crippen MR) is 65.0 cm³/mol. The van der Waals surface area contributed by atoms with Crippen LogP contribution in [0.3, 0.4) is 0 Å². The second-order valence-electron chi connectivity index (χ2n) is 3.98. The molecule has 0 fully saturated rings. The first-order valence-corrected chi connectivity index (χ1v) is 5.30. The minimum Gasteiger partial charge on any atom is -0.295 e. The van der Waals surface area contributed by atoms with Crippen LogP contribution in [-0.4, -0.2) is 20.5 Å². The van der Waals surface area contributed by atoms with Crippen molar-refractivity contribution in [3.63, 3.8) is 0 Å².